The summed E-state index contributed by atoms with van der Waals surface area (Å²) in [5.74, 6) is 33.1. The normalized spacial score (nSPS) is 137. The van der Waals surface area contributed by atoms with Crippen LogP contribution in [-0.4, -0.2) is 0 Å². The van der Waals surface area contributed by atoms with Crippen molar-refractivity contribution in [2.45, 2.75) is 44.9 Å². The Labute approximate surface area is 331 Å². The molecule has 0 heterocycles. The van der Waals surface area contributed by atoms with E-state index in [1.807, 2.05) is 32.1 Å². The van der Waals surface area contributed by atoms with E-state index in [2.05, 4.69) is 0 Å². The first-order chi connectivity index (χ1) is 28.8. The summed E-state index contributed by atoms with van der Waals surface area (Å²) in [6.07, 6.45) is 13.0. The summed E-state index contributed by atoms with van der Waals surface area (Å²) in [5, 5.41) is 0. The highest BCUT2D eigenvalue weighted by Crippen LogP contribution is 3.74. The Hall–Kier alpha value is 0. The van der Waals surface area contributed by atoms with Crippen LogP contribution in [0.25, 0.3) is 0 Å². The van der Waals surface area contributed by atoms with E-state index in [4.69, 9.17) is 0 Å². The zero-order valence-corrected chi connectivity index (χ0v) is 32.3. The van der Waals surface area contributed by atoms with Crippen LogP contribution in [0.4, 0.5) is 0 Å². The van der Waals surface area contributed by atoms with Crippen molar-refractivity contribution < 1.29 is 0 Å². The van der Waals surface area contributed by atoms with Crippen molar-refractivity contribution >= 4 is 0 Å². The smallest absolute Gasteiger partial charge is 0.0000483 e. The highest BCUT2D eigenvalue weighted by molar-refractivity contribution is 6.18. The second kappa shape index (κ2) is 3.08. The Morgan fingerprint density at radius 2 is 0.672 bits per heavy atom. The average Bonchev–Trinajstić information content (AvgIpc) is 3.16. The standard InChI is InChI=1S/C58H38/c1-2-9-4-11-5-10-3-8(1)16-22-27-25-20-14-6-12-18-24-19-13-7-15-21-26-28-23-17(9)30-33(11)31-32(10)29(16)36(22)42(27)45(25)40(20)34(12,14)38(18)44(24)39(19)35(13,15)41(21)46(26)43(28)37(23,30)49(33)47(31)48(32,36)52(42)55(45)50(38,40)54(44)51(39,41)56(46)53(43,49)57(47,52)58(54,55)56/h8-31H,1-7H2. The van der Waals surface area contributed by atoms with Crippen LogP contribution in [0.3, 0.4) is 0 Å². The lowest BCUT2D eigenvalue weighted by Crippen LogP contribution is -3.70. The first-order valence-electron chi connectivity index (χ1n) is 28.8. The Morgan fingerprint density at radius 1 is 0.276 bits per heavy atom. The summed E-state index contributed by atoms with van der Waals surface area (Å²) in [4.78, 5) is 0. The molecule has 58 heavy (non-hydrogen) atoms. The second-order valence-corrected chi connectivity index (χ2v) is 37.1. The molecule has 40 fully saturated rings. The lowest BCUT2D eigenvalue weighted by atomic mass is 8.31. The second-order valence-electron chi connectivity index (χ2n) is 37.1. The average molecular weight is 735 g/mol. The van der Waals surface area contributed by atoms with Gasteiger partial charge in [0.25, 0.3) is 0 Å². The van der Waals surface area contributed by atoms with Crippen molar-refractivity contribution in [2.24, 2.45) is 288 Å². The van der Waals surface area contributed by atoms with E-state index in [1.165, 1.54) is 142 Å². The van der Waals surface area contributed by atoms with Gasteiger partial charge < -0.3 is 0 Å². The number of hydrogen-bond donors (Lipinski definition) is 0. The van der Waals surface area contributed by atoms with Crippen molar-refractivity contribution in [3.8, 4) is 0 Å². The molecule has 0 N–H and O–H groups in total. The molecule has 0 saturated heterocycles. The minimum Gasteiger partial charge on any atom is -0.0499 e. The molecule has 0 nitrogen and oxygen atoms in total. The van der Waals surface area contributed by atoms with Crippen molar-refractivity contribution in [1.82, 2.24) is 0 Å². The van der Waals surface area contributed by atoms with Gasteiger partial charge in [-0.3, -0.25) is 0 Å². The molecular formula is C58H38. The molecule has 40 aliphatic rings. The third-order valence-electron chi connectivity index (χ3n) is 49.0. The molecule has 40 rings (SSSR count). The van der Waals surface area contributed by atoms with Crippen LogP contribution < -0.4 is 0 Å². The third-order valence-corrected chi connectivity index (χ3v) is 49.0. The zero-order chi connectivity index (χ0) is 32.3. The Kier molecular flexibility index (Phi) is 1.06. The van der Waals surface area contributed by atoms with E-state index in [0.29, 0.717) is 0 Å². The van der Waals surface area contributed by atoms with E-state index < -0.39 is 0 Å². The topological polar surface area (TPSA) is 0 Å². The summed E-state index contributed by atoms with van der Waals surface area (Å²) in [7, 11) is 0. The maximum atomic E-state index is 1.91. The predicted octanol–water partition coefficient (Wildman–Crippen LogP) is 5.68. The number of rotatable bonds is 0. The summed E-state index contributed by atoms with van der Waals surface area (Å²) in [6.45, 7) is 0. The van der Waals surface area contributed by atoms with E-state index in [0.717, 1.165) is 146 Å². The fourth-order valence-corrected chi connectivity index (χ4v) is 62.5. The summed E-state index contributed by atoms with van der Waals surface area (Å²) in [6, 6.07) is 0. The lowest BCUT2D eigenvalue weighted by molar-refractivity contribution is -1.27. The maximum absolute atomic E-state index is 1.91. The van der Waals surface area contributed by atoms with E-state index >= 15 is 0 Å². The fraction of sp³-hybridized carbons (Fsp3) is 1.00. The van der Waals surface area contributed by atoms with Gasteiger partial charge in [0.1, 0.15) is 0 Å². The predicted molar refractivity (Wildman–Crippen MR) is 182 cm³/mol. The van der Waals surface area contributed by atoms with Gasteiger partial charge in [0.05, 0.1) is 0 Å². The lowest BCUT2D eigenvalue weighted by Gasteiger charge is -3.71. The largest absolute Gasteiger partial charge is 0.0499 e. The van der Waals surface area contributed by atoms with Gasteiger partial charge in [-0.05, 0) is 333 Å². The molecule has 0 aromatic carbocycles. The molecule has 44 unspecified atom stereocenters. The molecule has 27 spiro atoms. The highest BCUT2D eigenvalue weighted by Gasteiger charge is 3.74. The quantitative estimate of drug-likeness (QED) is 0.301. The third kappa shape index (κ3) is 0.442. The van der Waals surface area contributed by atoms with Crippen molar-refractivity contribution in [2.75, 3.05) is 0 Å². The molecule has 0 aromatic heterocycles. The van der Waals surface area contributed by atoms with Crippen molar-refractivity contribution in [3.05, 3.63) is 0 Å². The van der Waals surface area contributed by atoms with Crippen LogP contribution in [0, 0.1) is 288 Å². The summed E-state index contributed by atoms with van der Waals surface area (Å²) < 4.78 is 0. The molecule has 270 valence electrons. The Balaban J connectivity index is 0.830. The van der Waals surface area contributed by atoms with Gasteiger partial charge in [0, 0.05) is 0 Å². The fourth-order valence-electron chi connectivity index (χ4n) is 62.5. The first kappa shape index (κ1) is 20.0. The van der Waals surface area contributed by atoms with Crippen LogP contribution in [0.1, 0.15) is 44.9 Å². The van der Waals surface area contributed by atoms with Crippen LogP contribution in [0.5, 0.6) is 0 Å². The molecule has 44 atom stereocenters. The van der Waals surface area contributed by atoms with Gasteiger partial charge in [-0.1, -0.05) is 0 Å². The van der Waals surface area contributed by atoms with Crippen LogP contribution in [0.2, 0.25) is 0 Å². The van der Waals surface area contributed by atoms with Gasteiger partial charge in [0.15, 0.2) is 0 Å². The molecule has 0 amide bonds. The summed E-state index contributed by atoms with van der Waals surface area (Å²) >= 11 is 0. The van der Waals surface area contributed by atoms with Gasteiger partial charge in [-0.25, -0.2) is 0 Å². The van der Waals surface area contributed by atoms with Gasteiger partial charge in [-0.15, -0.1) is 0 Å². The van der Waals surface area contributed by atoms with Gasteiger partial charge >= 0.3 is 0 Å². The van der Waals surface area contributed by atoms with Crippen molar-refractivity contribution in [3.63, 3.8) is 0 Å². The number of hydrogen-bond acceptors (Lipinski definition) is 0. The van der Waals surface area contributed by atoms with E-state index in [-0.39, 0.29) is 0 Å². The van der Waals surface area contributed by atoms with Crippen LogP contribution >= 0.6 is 0 Å². The molecule has 40 aliphatic carbocycles. The molecule has 0 aromatic rings. The van der Waals surface area contributed by atoms with E-state index in [9.17, 15) is 0 Å². The van der Waals surface area contributed by atoms with Crippen molar-refractivity contribution in [1.29, 1.82) is 0 Å². The maximum Gasteiger partial charge on any atom is -0.0000483 e. The zero-order valence-electron chi connectivity index (χ0n) is 32.3. The number of fused-ring (bicyclic) bond motifs is 18. The monoisotopic (exact) mass is 734 g/mol. The Bertz CT molecular complexity index is 3590. The summed E-state index contributed by atoms with van der Waals surface area (Å²) in [5.41, 5.74) is 30.2. The van der Waals surface area contributed by atoms with Gasteiger partial charge in [0.2, 0.25) is 0 Å². The highest BCUT2D eigenvalue weighted by atomic mass is 15.8. The molecular weight excluding hydrogens is 697 g/mol. The first-order valence-corrected chi connectivity index (χ1v) is 28.8. The van der Waals surface area contributed by atoms with E-state index in [1.54, 1.807) is 12.8 Å². The SMILES string of the molecule is C1CC2CC3CC4CC1C1C5C6C7C8C9CC%10C%11C%12C%13C%14CC%15C%16C%17C%18C%19C2C2C3%20C3C4%21C1C51C64C75C86C%109C%117C%128C%139C%14%15C%16%10C%17%11C%18%12C%192C%202C3%13C%211C41C53C76C84C9%10C%115C%122C%131C435. The molecule has 0 aliphatic heterocycles. The minimum absolute atomic E-state index is 1.04. The van der Waals surface area contributed by atoms with Crippen LogP contribution in [0.15, 0.2) is 0 Å². The molecule has 40 saturated carbocycles. The Morgan fingerprint density at radius 3 is 1.17 bits per heavy atom. The van der Waals surface area contributed by atoms with Crippen LogP contribution in [-0.2, 0) is 0 Å². The van der Waals surface area contributed by atoms with Gasteiger partial charge in [-0.2, -0.15) is 0 Å². The molecule has 4 bridgehead atoms. The molecule has 0 heteroatoms. The minimum atomic E-state index is 1.04. The molecule has 0 radical (unpaired) electrons.